The fraction of sp³-hybridized carbons (Fsp3) is 0.417. The van der Waals surface area contributed by atoms with Crippen LogP contribution in [-0.2, 0) is 22.5 Å². The lowest BCUT2D eigenvalue weighted by molar-refractivity contribution is -0.155. The number of ether oxygens (including phenoxy) is 1. The summed E-state index contributed by atoms with van der Waals surface area (Å²) in [5.41, 5.74) is 2.34. The summed E-state index contributed by atoms with van der Waals surface area (Å²) in [6, 6.07) is 19.4. The van der Waals surface area contributed by atoms with E-state index in [9.17, 15) is 9.59 Å². The van der Waals surface area contributed by atoms with Gasteiger partial charge in [-0.1, -0.05) is 74.5 Å². The van der Waals surface area contributed by atoms with Crippen LogP contribution < -0.4 is 11.2 Å². The van der Waals surface area contributed by atoms with Crippen molar-refractivity contribution < 1.29 is 14.3 Å². The molecule has 2 amide bonds. The van der Waals surface area contributed by atoms with Crippen LogP contribution in [-0.4, -0.2) is 41.8 Å². The van der Waals surface area contributed by atoms with Gasteiger partial charge >= 0.3 is 6.09 Å². The number of alkyl carbamates (subject to hydrolysis) is 1. The lowest BCUT2D eigenvalue weighted by atomic mass is 10.0. The second kappa shape index (κ2) is 12.7. The third-order valence-corrected chi connectivity index (χ3v) is 5.10. The summed E-state index contributed by atoms with van der Waals surface area (Å²) in [5.74, 6) is 5.76. The molecule has 31 heavy (non-hydrogen) atoms. The van der Waals surface area contributed by atoms with Gasteiger partial charge in [-0.05, 0) is 36.3 Å². The second-order valence-corrected chi connectivity index (χ2v) is 7.86. The van der Waals surface area contributed by atoms with E-state index in [1.807, 2.05) is 67.4 Å². The summed E-state index contributed by atoms with van der Waals surface area (Å²) < 4.78 is 4.66. The van der Waals surface area contributed by atoms with E-state index in [0.29, 0.717) is 13.1 Å². The van der Waals surface area contributed by atoms with E-state index in [1.165, 1.54) is 12.7 Å². The molecule has 0 heterocycles. The Morgan fingerprint density at radius 2 is 1.55 bits per heavy atom. The molecule has 2 aromatic carbocycles. The van der Waals surface area contributed by atoms with Crippen LogP contribution in [0.25, 0.3) is 0 Å². The maximum Gasteiger partial charge on any atom is 0.407 e. The first-order valence-corrected chi connectivity index (χ1v) is 10.7. The molecule has 2 rings (SSSR count). The molecule has 168 valence electrons. The van der Waals surface area contributed by atoms with Crippen LogP contribution >= 0.6 is 0 Å². The SMILES string of the molecule is COC(=O)N[C@H](C(=O)N(N)N(CCCCc1ccccc1)Cc1ccccc1)C(C)C. The summed E-state index contributed by atoms with van der Waals surface area (Å²) in [5, 5.41) is 5.57. The van der Waals surface area contributed by atoms with Crippen molar-refractivity contribution in [1.29, 1.82) is 0 Å². The number of unbranched alkanes of at least 4 members (excludes halogenated alkanes) is 1. The Bertz CT molecular complexity index is 799. The average Bonchev–Trinajstić information content (AvgIpc) is 2.79. The number of rotatable bonds is 11. The Hall–Kier alpha value is -2.90. The number of amides is 2. The van der Waals surface area contributed by atoms with Gasteiger partial charge in [0.05, 0.1) is 7.11 Å². The molecule has 7 heteroatoms. The van der Waals surface area contributed by atoms with E-state index in [4.69, 9.17) is 5.84 Å². The minimum Gasteiger partial charge on any atom is -0.453 e. The normalized spacial score (nSPS) is 11.9. The first kappa shape index (κ1) is 24.4. The van der Waals surface area contributed by atoms with E-state index >= 15 is 0 Å². The molecule has 0 spiro atoms. The molecule has 0 saturated carbocycles. The molecule has 0 aromatic heterocycles. The molecule has 0 aliphatic heterocycles. The largest absolute Gasteiger partial charge is 0.453 e. The smallest absolute Gasteiger partial charge is 0.407 e. The van der Waals surface area contributed by atoms with Gasteiger partial charge in [-0.2, -0.15) is 5.01 Å². The number of nitrogens with zero attached hydrogens (tertiary/aromatic N) is 2. The zero-order chi connectivity index (χ0) is 22.6. The van der Waals surface area contributed by atoms with E-state index in [1.54, 1.807) is 0 Å². The van der Waals surface area contributed by atoms with Crippen LogP contribution in [0.3, 0.4) is 0 Å². The summed E-state index contributed by atoms with van der Waals surface area (Å²) in [7, 11) is 1.27. The minimum absolute atomic E-state index is 0.144. The van der Waals surface area contributed by atoms with Gasteiger partial charge in [0, 0.05) is 13.1 Å². The molecule has 7 nitrogen and oxygen atoms in total. The van der Waals surface area contributed by atoms with Crippen molar-refractivity contribution in [3.8, 4) is 0 Å². The molecular formula is C24H34N4O3. The number of carbonyl (C=O) groups excluding carboxylic acids is 2. The van der Waals surface area contributed by atoms with Crippen molar-refractivity contribution in [1.82, 2.24) is 15.4 Å². The highest BCUT2D eigenvalue weighted by atomic mass is 16.5. The minimum atomic E-state index is -0.778. The number of hydrazine groups is 2. The van der Waals surface area contributed by atoms with Crippen LogP contribution in [0.4, 0.5) is 4.79 Å². The Balaban J connectivity index is 2.06. The number of aryl methyl sites for hydroxylation is 1. The molecular weight excluding hydrogens is 392 g/mol. The topological polar surface area (TPSA) is 87.9 Å². The molecule has 0 aliphatic carbocycles. The van der Waals surface area contributed by atoms with Crippen molar-refractivity contribution in [2.75, 3.05) is 13.7 Å². The van der Waals surface area contributed by atoms with Crippen molar-refractivity contribution in [3.05, 3.63) is 71.8 Å². The summed E-state index contributed by atoms with van der Waals surface area (Å²) in [4.78, 5) is 24.8. The average molecular weight is 427 g/mol. The number of hydrogen-bond donors (Lipinski definition) is 2. The summed E-state index contributed by atoms with van der Waals surface area (Å²) in [6.07, 6.45) is 2.17. The number of nitrogens with one attached hydrogen (secondary N) is 1. The number of benzene rings is 2. The first-order chi connectivity index (χ1) is 14.9. The predicted molar refractivity (Wildman–Crippen MR) is 121 cm³/mol. The zero-order valence-electron chi connectivity index (χ0n) is 18.7. The zero-order valence-corrected chi connectivity index (χ0v) is 18.7. The Morgan fingerprint density at radius 3 is 2.10 bits per heavy atom. The van der Waals surface area contributed by atoms with Crippen molar-refractivity contribution >= 4 is 12.0 Å². The lowest BCUT2D eigenvalue weighted by Crippen LogP contribution is -2.59. The van der Waals surface area contributed by atoms with E-state index in [-0.39, 0.29) is 11.8 Å². The lowest BCUT2D eigenvalue weighted by Gasteiger charge is -2.34. The van der Waals surface area contributed by atoms with Crippen LogP contribution in [0.5, 0.6) is 0 Å². The molecule has 0 fully saturated rings. The van der Waals surface area contributed by atoms with Crippen molar-refractivity contribution in [2.45, 2.75) is 45.7 Å². The molecule has 0 bridgehead atoms. The van der Waals surface area contributed by atoms with Crippen LogP contribution in [0.15, 0.2) is 60.7 Å². The molecule has 1 atom stereocenters. The summed E-state index contributed by atoms with van der Waals surface area (Å²) >= 11 is 0. The maximum atomic E-state index is 13.1. The fourth-order valence-electron chi connectivity index (χ4n) is 3.31. The predicted octanol–water partition coefficient (Wildman–Crippen LogP) is 3.51. The monoisotopic (exact) mass is 426 g/mol. The number of methoxy groups -OCH3 is 1. The number of carbonyl (C=O) groups is 2. The molecule has 0 radical (unpaired) electrons. The quantitative estimate of drug-likeness (QED) is 0.248. The van der Waals surface area contributed by atoms with Gasteiger partial charge in [0.2, 0.25) is 0 Å². The highest BCUT2D eigenvalue weighted by Crippen LogP contribution is 2.13. The van der Waals surface area contributed by atoms with Crippen LogP contribution in [0.2, 0.25) is 0 Å². The van der Waals surface area contributed by atoms with Gasteiger partial charge in [0.1, 0.15) is 6.04 Å². The maximum absolute atomic E-state index is 13.1. The van der Waals surface area contributed by atoms with Gasteiger partial charge in [-0.25, -0.2) is 15.8 Å². The van der Waals surface area contributed by atoms with E-state index in [0.717, 1.165) is 29.9 Å². The van der Waals surface area contributed by atoms with Gasteiger partial charge < -0.3 is 10.1 Å². The number of hydrogen-bond acceptors (Lipinski definition) is 5. The fourth-order valence-corrected chi connectivity index (χ4v) is 3.31. The molecule has 0 saturated heterocycles. The molecule has 0 aliphatic rings. The van der Waals surface area contributed by atoms with Crippen LogP contribution in [0, 0.1) is 5.92 Å². The Kier molecular flexibility index (Phi) is 10.00. The van der Waals surface area contributed by atoms with Crippen molar-refractivity contribution in [2.24, 2.45) is 11.8 Å². The van der Waals surface area contributed by atoms with Crippen LogP contribution in [0.1, 0.15) is 37.8 Å². The highest BCUT2D eigenvalue weighted by Gasteiger charge is 2.30. The molecule has 0 unspecified atom stereocenters. The Labute approximate surface area is 185 Å². The van der Waals surface area contributed by atoms with Gasteiger partial charge in [0.25, 0.3) is 5.91 Å². The molecule has 2 aromatic rings. The number of nitrogens with two attached hydrogens (primary N) is 1. The highest BCUT2D eigenvalue weighted by molar-refractivity contribution is 5.85. The van der Waals surface area contributed by atoms with Gasteiger partial charge in [0.15, 0.2) is 0 Å². The summed E-state index contributed by atoms with van der Waals surface area (Å²) in [6.45, 7) is 4.83. The Morgan fingerprint density at radius 1 is 0.968 bits per heavy atom. The third kappa shape index (κ3) is 8.03. The standard InChI is InChI=1S/C24H34N4O3/c1-19(2)22(26-24(30)31-3)23(29)28(25)27(18-21-15-8-5-9-16-21)17-11-10-14-20-12-6-4-7-13-20/h4-9,12-13,15-16,19,22H,10-11,14,17-18,25H2,1-3H3,(H,26,30)/t22-/m0/s1. The van der Waals surface area contributed by atoms with Crippen molar-refractivity contribution in [3.63, 3.8) is 0 Å². The second-order valence-electron chi connectivity index (χ2n) is 7.86. The van der Waals surface area contributed by atoms with E-state index in [2.05, 4.69) is 22.2 Å². The van der Waals surface area contributed by atoms with E-state index < -0.39 is 12.1 Å². The molecule has 3 N–H and O–H groups in total. The van der Waals surface area contributed by atoms with Gasteiger partial charge in [-0.15, -0.1) is 0 Å². The third-order valence-electron chi connectivity index (χ3n) is 5.10. The van der Waals surface area contributed by atoms with Gasteiger partial charge in [-0.3, -0.25) is 4.79 Å². The first-order valence-electron chi connectivity index (χ1n) is 10.7.